The van der Waals surface area contributed by atoms with E-state index >= 15 is 0 Å². The Morgan fingerprint density at radius 1 is 1.10 bits per heavy atom. The maximum atomic E-state index is 12.7. The Bertz CT molecular complexity index is 1410. The van der Waals surface area contributed by atoms with Crippen molar-refractivity contribution in [1.82, 2.24) is 4.98 Å². The van der Waals surface area contributed by atoms with E-state index in [4.69, 9.17) is 4.42 Å². The molecule has 0 saturated carbocycles. The summed E-state index contributed by atoms with van der Waals surface area (Å²) in [5, 5.41) is 24.8. The Hall–Kier alpha value is -3.69. The summed E-state index contributed by atoms with van der Waals surface area (Å²) in [7, 11) is 0. The molecule has 3 N–H and O–H groups in total. The van der Waals surface area contributed by atoms with Gasteiger partial charge in [-0.05, 0) is 24.3 Å². The summed E-state index contributed by atoms with van der Waals surface area (Å²) in [5.41, 5.74) is 1.07. The highest BCUT2D eigenvalue weighted by Crippen LogP contribution is 2.40. The van der Waals surface area contributed by atoms with E-state index < -0.39 is 11.9 Å². The topological polar surface area (TPSA) is 113 Å². The highest BCUT2D eigenvalue weighted by Gasteiger charge is 2.25. The second kappa shape index (κ2) is 6.97. The molecule has 30 heavy (non-hydrogen) atoms. The van der Waals surface area contributed by atoms with Gasteiger partial charge >= 0.3 is 5.97 Å². The number of thiazole rings is 1. The zero-order chi connectivity index (χ0) is 20.8. The summed E-state index contributed by atoms with van der Waals surface area (Å²) >= 11 is 2.37. The zero-order valence-corrected chi connectivity index (χ0v) is 16.7. The molecule has 0 spiro atoms. The molecule has 5 rings (SSSR count). The minimum absolute atomic E-state index is 0.0310. The first-order chi connectivity index (χ1) is 14.5. The number of phenolic OH excluding ortho intramolecular Hbond substituents is 1. The number of fused-ring (bicyclic) bond motifs is 2. The quantitative estimate of drug-likeness (QED) is 0.346. The predicted octanol–water partition coefficient (Wildman–Crippen LogP) is 5.43. The summed E-state index contributed by atoms with van der Waals surface area (Å²) in [6.07, 6.45) is 0. The van der Waals surface area contributed by atoms with Crippen LogP contribution in [0.25, 0.3) is 31.8 Å². The van der Waals surface area contributed by atoms with E-state index in [9.17, 15) is 19.8 Å². The molecule has 0 aliphatic heterocycles. The van der Waals surface area contributed by atoms with Crippen LogP contribution in [-0.2, 0) is 0 Å². The number of hydrogen-bond acceptors (Lipinski definition) is 7. The zero-order valence-electron chi connectivity index (χ0n) is 15.1. The van der Waals surface area contributed by atoms with Gasteiger partial charge in [-0.15, -0.1) is 22.7 Å². The van der Waals surface area contributed by atoms with Crippen molar-refractivity contribution in [2.75, 3.05) is 5.32 Å². The fourth-order valence-electron chi connectivity index (χ4n) is 3.15. The van der Waals surface area contributed by atoms with Crippen molar-refractivity contribution in [2.45, 2.75) is 0 Å². The number of rotatable bonds is 4. The average molecular weight is 436 g/mol. The van der Waals surface area contributed by atoms with Crippen LogP contribution in [0.5, 0.6) is 5.75 Å². The van der Waals surface area contributed by atoms with Crippen molar-refractivity contribution in [1.29, 1.82) is 0 Å². The smallest absolute Gasteiger partial charge is 0.339 e. The van der Waals surface area contributed by atoms with Gasteiger partial charge < -0.3 is 19.9 Å². The number of aromatic carboxylic acids is 1. The van der Waals surface area contributed by atoms with Crippen molar-refractivity contribution < 1.29 is 24.2 Å². The number of carbonyl (C=O) groups is 2. The van der Waals surface area contributed by atoms with Crippen molar-refractivity contribution in [2.24, 2.45) is 0 Å². The lowest BCUT2D eigenvalue weighted by molar-refractivity contribution is 0.0699. The minimum Gasteiger partial charge on any atom is -0.504 e. The number of amides is 1. The number of aromatic hydroxyl groups is 1. The van der Waals surface area contributed by atoms with Crippen LogP contribution in [0.15, 0.2) is 58.3 Å². The molecule has 2 aromatic carbocycles. The molecular formula is C21H12N2O5S2. The van der Waals surface area contributed by atoms with E-state index in [1.54, 1.807) is 23.6 Å². The largest absolute Gasteiger partial charge is 0.504 e. The molecule has 5 aromatic rings. The second-order valence-electron chi connectivity index (χ2n) is 6.41. The Morgan fingerprint density at radius 2 is 1.93 bits per heavy atom. The summed E-state index contributed by atoms with van der Waals surface area (Å²) in [6.45, 7) is 0. The Kier molecular flexibility index (Phi) is 4.27. The first kappa shape index (κ1) is 18.3. The molecule has 0 atom stereocenters. The maximum Gasteiger partial charge on any atom is 0.339 e. The van der Waals surface area contributed by atoms with Crippen molar-refractivity contribution in [3.05, 3.63) is 64.5 Å². The molecule has 0 bridgehead atoms. The van der Waals surface area contributed by atoms with E-state index in [0.717, 1.165) is 16.0 Å². The molecule has 148 valence electrons. The number of hydrogen-bond donors (Lipinski definition) is 3. The molecular weight excluding hydrogens is 424 g/mol. The van der Waals surface area contributed by atoms with Crippen LogP contribution >= 0.6 is 22.7 Å². The number of nitrogens with one attached hydrogen (secondary N) is 1. The molecule has 1 amide bonds. The third-order valence-corrected chi connectivity index (χ3v) is 6.52. The lowest BCUT2D eigenvalue weighted by Crippen LogP contribution is -2.13. The third-order valence-electron chi connectivity index (χ3n) is 4.49. The van der Waals surface area contributed by atoms with Gasteiger partial charge in [-0.1, -0.05) is 24.3 Å². The number of carboxylic acids is 1. The van der Waals surface area contributed by atoms with Crippen LogP contribution in [0, 0.1) is 0 Å². The number of anilines is 1. The van der Waals surface area contributed by atoms with Gasteiger partial charge in [-0.2, -0.15) is 0 Å². The van der Waals surface area contributed by atoms with Gasteiger partial charge in [0.15, 0.2) is 16.3 Å². The van der Waals surface area contributed by atoms with Crippen molar-refractivity contribution >= 4 is 61.4 Å². The number of benzene rings is 2. The molecule has 9 heteroatoms. The standard InChI is InChI=1S/C21H12N2O5S2/c24-13-6-3-4-10-8-14(28-17(10)13)18-16(21(26)27)12(9-29-18)22-19(25)20-23-11-5-1-2-7-15(11)30-20/h1-9,24H,(H,22,25)(H,26,27). The molecule has 0 unspecified atom stereocenters. The monoisotopic (exact) mass is 436 g/mol. The maximum absolute atomic E-state index is 12.7. The fourth-order valence-corrected chi connectivity index (χ4v) is 4.95. The van der Waals surface area contributed by atoms with Crippen LogP contribution in [0.2, 0.25) is 0 Å². The second-order valence-corrected chi connectivity index (χ2v) is 8.32. The van der Waals surface area contributed by atoms with Crippen LogP contribution in [-0.4, -0.2) is 27.1 Å². The lowest BCUT2D eigenvalue weighted by atomic mass is 10.2. The number of furan rings is 1. The van der Waals surface area contributed by atoms with Crippen LogP contribution in [0.4, 0.5) is 5.69 Å². The molecule has 3 aromatic heterocycles. The number of aromatic nitrogens is 1. The van der Waals surface area contributed by atoms with Crippen LogP contribution in [0.3, 0.4) is 0 Å². The van der Waals surface area contributed by atoms with Gasteiger partial charge in [0.2, 0.25) is 0 Å². The van der Waals surface area contributed by atoms with Gasteiger partial charge in [0, 0.05) is 10.8 Å². The average Bonchev–Trinajstić information content (AvgIpc) is 3.44. The molecule has 0 saturated heterocycles. The van der Waals surface area contributed by atoms with Crippen LogP contribution < -0.4 is 5.32 Å². The first-order valence-electron chi connectivity index (χ1n) is 8.75. The van der Waals surface area contributed by atoms with Crippen LogP contribution in [0.1, 0.15) is 20.2 Å². The summed E-state index contributed by atoms with van der Waals surface area (Å²) in [5.74, 6) is -1.41. The molecule has 0 aliphatic rings. The first-order valence-corrected chi connectivity index (χ1v) is 10.4. The Morgan fingerprint density at radius 3 is 2.70 bits per heavy atom. The minimum atomic E-state index is -1.20. The highest BCUT2D eigenvalue weighted by atomic mass is 32.1. The molecule has 7 nitrogen and oxygen atoms in total. The number of para-hydroxylation sites is 2. The van der Waals surface area contributed by atoms with E-state index in [1.807, 2.05) is 24.3 Å². The van der Waals surface area contributed by atoms with E-state index in [0.29, 0.717) is 21.5 Å². The predicted molar refractivity (Wildman–Crippen MR) is 116 cm³/mol. The number of carboxylic acid groups (broad SMARTS) is 1. The Balaban J connectivity index is 1.53. The highest BCUT2D eigenvalue weighted by molar-refractivity contribution is 7.20. The fraction of sp³-hybridized carbons (Fsp3) is 0. The SMILES string of the molecule is O=C(Nc1csc(-c2cc3cccc(O)c3o2)c1C(=O)O)c1nc2ccccc2s1. The molecule has 0 aliphatic carbocycles. The third kappa shape index (κ3) is 3.00. The van der Waals surface area contributed by atoms with Gasteiger partial charge in [-0.3, -0.25) is 4.79 Å². The van der Waals surface area contributed by atoms with Gasteiger partial charge in [0.1, 0.15) is 11.3 Å². The Labute approximate surface area is 176 Å². The normalized spacial score (nSPS) is 11.2. The summed E-state index contributed by atoms with van der Waals surface area (Å²) in [4.78, 5) is 29.3. The molecule has 3 heterocycles. The van der Waals surface area contributed by atoms with Crippen molar-refractivity contribution in [3.8, 4) is 16.4 Å². The van der Waals surface area contributed by atoms with Gasteiger partial charge in [0.05, 0.1) is 20.8 Å². The summed E-state index contributed by atoms with van der Waals surface area (Å²) in [6, 6.07) is 14.0. The summed E-state index contributed by atoms with van der Waals surface area (Å²) < 4.78 is 6.56. The number of thiophene rings is 1. The van der Waals surface area contributed by atoms with Gasteiger partial charge in [-0.25, -0.2) is 9.78 Å². The van der Waals surface area contributed by atoms with E-state index in [-0.39, 0.29) is 27.6 Å². The lowest BCUT2D eigenvalue weighted by Gasteiger charge is -2.03. The van der Waals surface area contributed by atoms with Gasteiger partial charge in [0.25, 0.3) is 5.91 Å². The number of phenols is 1. The molecule has 0 fully saturated rings. The van der Waals surface area contributed by atoms with E-state index in [2.05, 4.69) is 10.3 Å². The van der Waals surface area contributed by atoms with Crippen molar-refractivity contribution in [3.63, 3.8) is 0 Å². The number of carbonyl (C=O) groups excluding carboxylic acids is 1. The van der Waals surface area contributed by atoms with E-state index in [1.165, 1.54) is 17.4 Å². The number of nitrogens with zero attached hydrogens (tertiary/aromatic N) is 1. The molecule has 0 radical (unpaired) electrons.